The van der Waals surface area contributed by atoms with Gasteiger partial charge in [-0.2, -0.15) is 0 Å². The molecule has 2 rings (SSSR count). The number of pyridine rings is 1. The molecule has 5 nitrogen and oxygen atoms in total. The van der Waals surface area contributed by atoms with Gasteiger partial charge >= 0.3 is 6.09 Å². The fraction of sp³-hybridized carbons (Fsp3) is 0.400. The van der Waals surface area contributed by atoms with Crippen molar-refractivity contribution in [3.8, 4) is 5.88 Å². The van der Waals surface area contributed by atoms with Gasteiger partial charge in [0.25, 0.3) is 0 Å². The smallest absolute Gasteiger partial charge is 0.404 e. The molecule has 1 aliphatic carbocycles. The van der Waals surface area contributed by atoms with Gasteiger partial charge in [0.1, 0.15) is 11.3 Å². The molecule has 7 heteroatoms. The van der Waals surface area contributed by atoms with Crippen molar-refractivity contribution in [3.63, 3.8) is 0 Å². The molecule has 1 aromatic rings. The zero-order valence-corrected chi connectivity index (χ0v) is 11.0. The van der Waals surface area contributed by atoms with E-state index in [-0.39, 0.29) is 12.1 Å². The molecular weight excluding hydrogens is 311 g/mol. The van der Waals surface area contributed by atoms with Crippen molar-refractivity contribution < 1.29 is 14.6 Å². The molecule has 1 saturated carbocycles. The Bertz CT molecular complexity index is 438. The summed E-state index contributed by atoms with van der Waals surface area (Å²) in [6.07, 6.45) is 0.268. The number of ether oxygens (including phenoxy) is 1. The van der Waals surface area contributed by atoms with Crippen LogP contribution in [0.5, 0.6) is 5.88 Å². The maximum Gasteiger partial charge on any atom is 0.404 e. The fourth-order valence-electron chi connectivity index (χ4n) is 1.60. The second-order valence-corrected chi connectivity index (χ2v) is 5.02. The van der Waals surface area contributed by atoms with E-state index in [0.29, 0.717) is 23.9 Å². The predicted molar refractivity (Wildman–Crippen MR) is 65.5 cm³/mol. The van der Waals surface area contributed by atoms with Crippen LogP contribution < -0.4 is 10.1 Å². The minimum absolute atomic E-state index is 0.0193. The quantitative estimate of drug-likeness (QED) is 0.840. The number of nitrogens with one attached hydrogen (secondary N) is 1. The van der Waals surface area contributed by atoms with Gasteiger partial charge < -0.3 is 15.2 Å². The Morgan fingerprint density at radius 1 is 1.59 bits per heavy atom. The van der Waals surface area contributed by atoms with E-state index in [9.17, 15) is 4.79 Å². The average Bonchev–Trinajstić information content (AvgIpc) is 2.19. The zero-order valence-electron chi connectivity index (χ0n) is 8.69. The molecule has 1 heterocycles. The van der Waals surface area contributed by atoms with Crippen molar-refractivity contribution in [2.45, 2.75) is 25.0 Å². The highest BCUT2D eigenvalue weighted by Gasteiger charge is 2.32. The Hall–Kier alpha value is -1.01. The molecule has 1 fully saturated rings. The number of aromatic nitrogens is 1. The molecule has 0 unspecified atom stereocenters. The van der Waals surface area contributed by atoms with Gasteiger partial charge in [-0.25, -0.2) is 9.78 Å². The number of carboxylic acid groups (broad SMARTS) is 1. The van der Waals surface area contributed by atoms with E-state index in [1.165, 1.54) is 0 Å². The van der Waals surface area contributed by atoms with Gasteiger partial charge in [-0.3, -0.25) is 0 Å². The molecule has 0 aliphatic heterocycles. The monoisotopic (exact) mass is 320 g/mol. The summed E-state index contributed by atoms with van der Waals surface area (Å²) < 4.78 is 6.33. The number of hydrogen-bond donors (Lipinski definition) is 2. The van der Waals surface area contributed by atoms with Crippen molar-refractivity contribution in [3.05, 3.63) is 21.8 Å². The minimum atomic E-state index is -1.00. The van der Waals surface area contributed by atoms with Crippen LogP contribution in [0.15, 0.2) is 16.6 Å². The third-order valence-corrected chi connectivity index (χ3v) is 3.29. The molecule has 1 aliphatic rings. The molecule has 17 heavy (non-hydrogen) atoms. The number of nitrogens with zero attached hydrogens (tertiary/aromatic N) is 1. The van der Waals surface area contributed by atoms with E-state index in [0.717, 1.165) is 4.47 Å². The van der Waals surface area contributed by atoms with Crippen molar-refractivity contribution >= 4 is 33.6 Å². The maximum atomic E-state index is 10.4. The summed E-state index contributed by atoms with van der Waals surface area (Å²) in [5.74, 6) is 0.441. The highest BCUT2D eigenvalue weighted by molar-refractivity contribution is 9.10. The molecule has 0 spiro atoms. The number of amides is 1. The molecule has 2 N–H and O–H groups in total. The van der Waals surface area contributed by atoms with Crippen LogP contribution in [0.4, 0.5) is 4.79 Å². The second-order valence-electron chi connectivity index (χ2n) is 3.78. The number of carbonyl (C=O) groups is 1. The summed E-state index contributed by atoms with van der Waals surface area (Å²) in [6, 6.07) is 3.39. The summed E-state index contributed by atoms with van der Waals surface area (Å²) in [5.41, 5.74) is 0. The molecule has 1 aromatic heterocycles. The number of hydrogen-bond acceptors (Lipinski definition) is 3. The Morgan fingerprint density at radius 3 is 2.94 bits per heavy atom. The van der Waals surface area contributed by atoms with Crippen LogP contribution in [0.3, 0.4) is 0 Å². The van der Waals surface area contributed by atoms with E-state index < -0.39 is 6.09 Å². The van der Waals surface area contributed by atoms with Gasteiger partial charge in [-0.1, -0.05) is 11.6 Å². The first-order valence-electron chi connectivity index (χ1n) is 5.03. The molecule has 0 bridgehead atoms. The molecular formula is C10H10BrClN2O3. The van der Waals surface area contributed by atoms with Gasteiger partial charge in [0, 0.05) is 18.9 Å². The molecule has 0 atom stereocenters. The lowest BCUT2D eigenvalue weighted by atomic mass is 9.89. The van der Waals surface area contributed by atoms with Crippen molar-refractivity contribution in [1.82, 2.24) is 10.3 Å². The number of halogens is 2. The largest absolute Gasteiger partial charge is 0.473 e. The van der Waals surface area contributed by atoms with Crippen molar-refractivity contribution in [1.29, 1.82) is 0 Å². The first-order valence-corrected chi connectivity index (χ1v) is 6.20. The lowest BCUT2D eigenvalue weighted by Gasteiger charge is -2.34. The SMILES string of the molecule is O=C(O)NC1CC(Oc2nc(Cl)ccc2Br)C1. The zero-order chi connectivity index (χ0) is 12.4. The summed E-state index contributed by atoms with van der Waals surface area (Å²) in [6.45, 7) is 0. The highest BCUT2D eigenvalue weighted by Crippen LogP contribution is 2.30. The van der Waals surface area contributed by atoms with Crippen LogP contribution in [0, 0.1) is 0 Å². The third kappa shape index (κ3) is 3.23. The first kappa shape index (κ1) is 12.4. The number of rotatable bonds is 3. The van der Waals surface area contributed by atoms with Gasteiger partial charge in [0.2, 0.25) is 5.88 Å². The predicted octanol–water partition coefficient (Wildman–Crippen LogP) is 2.67. The van der Waals surface area contributed by atoms with E-state index in [2.05, 4.69) is 26.2 Å². The Kier molecular flexibility index (Phi) is 3.73. The van der Waals surface area contributed by atoms with Crippen molar-refractivity contribution in [2.75, 3.05) is 0 Å². The normalized spacial score (nSPS) is 22.7. The van der Waals surface area contributed by atoms with Crippen LogP contribution in [0.25, 0.3) is 0 Å². The molecule has 1 amide bonds. The summed E-state index contributed by atoms with van der Waals surface area (Å²) in [5, 5.41) is 11.3. The molecule has 0 radical (unpaired) electrons. The third-order valence-electron chi connectivity index (χ3n) is 2.48. The molecule has 0 aromatic carbocycles. The topological polar surface area (TPSA) is 71.5 Å². The molecule has 92 valence electrons. The Morgan fingerprint density at radius 2 is 2.29 bits per heavy atom. The summed E-state index contributed by atoms with van der Waals surface area (Å²) in [7, 11) is 0. The molecule has 0 saturated heterocycles. The van der Waals surface area contributed by atoms with Crippen LogP contribution in [-0.2, 0) is 0 Å². The maximum absolute atomic E-state index is 10.4. The lowest BCUT2D eigenvalue weighted by molar-refractivity contribution is 0.0786. The fourth-order valence-corrected chi connectivity index (χ4v) is 2.05. The van der Waals surface area contributed by atoms with Crippen LogP contribution in [0.1, 0.15) is 12.8 Å². The van der Waals surface area contributed by atoms with E-state index in [1.54, 1.807) is 12.1 Å². The Labute approximate surface area is 111 Å². The average molecular weight is 322 g/mol. The van der Waals surface area contributed by atoms with E-state index in [1.807, 2.05) is 0 Å². The van der Waals surface area contributed by atoms with Crippen LogP contribution in [-0.4, -0.2) is 28.3 Å². The van der Waals surface area contributed by atoms with E-state index >= 15 is 0 Å². The van der Waals surface area contributed by atoms with Crippen LogP contribution >= 0.6 is 27.5 Å². The summed E-state index contributed by atoms with van der Waals surface area (Å²) in [4.78, 5) is 14.4. The van der Waals surface area contributed by atoms with Gasteiger partial charge in [-0.05, 0) is 28.1 Å². The van der Waals surface area contributed by atoms with E-state index in [4.69, 9.17) is 21.4 Å². The second kappa shape index (κ2) is 5.10. The summed E-state index contributed by atoms with van der Waals surface area (Å²) >= 11 is 9.07. The minimum Gasteiger partial charge on any atom is -0.473 e. The lowest BCUT2D eigenvalue weighted by Crippen LogP contribution is -2.48. The van der Waals surface area contributed by atoms with Crippen LogP contribution in [0.2, 0.25) is 5.15 Å². The highest BCUT2D eigenvalue weighted by atomic mass is 79.9. The first-order chi connectivity index (χ1) is 8.04. The standard InChI is InChI=1S/C10H10BrClN2O3/c11-7-1-2-8(12)14-9(7)17-6-3-5(4-6)13-10(15)16/h1-2,5-6,13H,3-4H2,(H,15,16). The Balaban J connectivity index is 1.87. The van der Waals surface area contributed by atoms with Crippen molar-refractivity contribution in [2.24, 2.45) is 0 Å². The van der Waals surface area contributed by atoms with Gasteiger partial charge in [-0.15, -0.1) is 0 Å². The van der Waals surface area contributed by atoms with Gasteiger partial charge in [0.05, 0.1) is 4.47 Å². The van der Waals surface area contributed by atoms with Gasteiger partial charge in [0.15, 0.2) is 0 Å².